The number of carboxylic acids is 1. The van der Waals surface area contributed by atoms with Gasteiger partial charge in [0.05, 0.1) is 6.07 Å². The highest BCUT2D eigenvalue weighted by Gasteiger charge is 2.52. The molecule has 1 aromatic rings. The van der Waals surface area contributed by atoms with E-state index in [0.717, 1.165) is 12.8 Å². The van der Waals surface area contributed by atoms with E-state index in [2.05, 4.69) is 24.9 Å². The molecule has 0 amide bonds. The third kappa shape index (κ3) is 1.59. The first kappa shape index (κ1) is 11.1. The van der Waals surface area contributed by atoms with Gasteiger partial charge in [-0.25, -0.2) is 9.78 Å². The molecule has 0 spiro atoms. The van der Waals surface area contributed by atoms with E-state index in [9.17, 15) is 10.1 Å². The number of aromatic nitrogens is 1. The average Bonchev–Trinajstić information content (AvgIpc) is 2.62. The highest BCUT2D eigenvalue weighted by molar-refractivity contribution is 7.10. The first-order valence-electron chi connectivity index (χ1n) is 4.99. The number of nitrogens with zero attached hydrogens (tertiary/aromatic N) is 2. The van der Waals surface area contributed by atoms with Crippen LogP contribution in [0.5, 0.6) is 0 Å². The molecular weight excluding hydrogens is 224 g/mol. The average molecular weight is 236 g/mol. The van der Waals surface area contributed by atoms with Crippen molar-refractivity contribution in [2.45, 2.75) is 32.1 Å². The van der Waals surface area contributed by atoms with Crippen LogP contribution in [0, 0.1) is 16.7 Å². The Morgan fingerprint density at radius 3 is 2.62 bits per heavy atom. The molecule has 0 aromatic carbocycles. The van der Waals surface area contributed by atoms with Gasteiger partial charge in [0.1, 0.15) is 10.4 Å². The van der Waals surface area contributed by atoms with Crippen molar-refractivity contribution in [1.82, 2.24) is 4.98 Å². The Balaban J connectivity index is 2.30. The van der Waals surface area contributed by atoms with Gasteiger partial charge in [-0.15, -0.1) is 11.3 Å². The molecule has 0 radical (unpaired) electrons. The molecule has 84 valence electrons. The summed E-state index contributed by atoms with van der Waals surface area (Å²) in [5, 5.41) is 20.2. The van der Waals surface area contributed by atoms with E-state index in [1.54, 1.807) is 0 Å². The van der Waals surface area contributed by atoms with Gasteiger partial charge in [-0.2, -0.15) is 5.26 Å². The van der Waals surface area contributed by atoms with Crippen molar-refractivity contribution in [3.8, 4) is 6.07 Å². The number of hydrogen-bond acceptors (Lipinski definition) is 4. The number of rotatable bonds is 2. The fourth-order valence-electron chi connectivity index (χ4n) is 2.45. The van der Waals surface area contributed by atoms with Crippen molar-refractivity contribution in [3.05, 3.63) is 16.1 Å². The summed E-state index contributed by atoms with van der Waals surface area (Å²) in [6.45, 7) is 4.21. The number of carbonyl (C=O) groups is 1. The molecule has 1 N–H and O–H groups in total. The summed E-state index contributed by atoms with van der Waals surface area (Å²) in [5.41, 5.74) is -0.355. The van der Waals surface area contributed by atoms with Gasteiger partial charge in [0.25, 0.3) is 0 Å². The summed E-state index contributed by atoms with van der Waals surface area (Å²) in [6.07, 6.45) is 1.51. The zero-order chi connectivity index (χ0) is 12.0. The highest BCUT2D eigenvalue weighted by atomic mass is 32.1. The molecule has 1 fully saturated rings. The third-order valence-electron chi connectivity index (χ3n) is 2.91. The topological polar surface area (TPSA) is 74.0 Å². The molecule has 0 unspecified atom stereocenters. The van der Waals surface area contributed by atoms with Gasteiger partial charge >= 0.3 is 5.97 Å². The summed E-state index contributed by atoms with van der Waals surface area (Å²) in [7, 11) is 0. The van der Waals surface area contributed by atoms with Gasteiger partial charge in [0.2, 0.25) is 0 Å². The van der Waals surface area contributed by atoms with E-state index in [4.69, 9.17) is 5.11 Å². The lowest BCUT2D eigenvalue weighted by Gasteiger charge is -2.47. The minimum Gasteiger partial charge on any atom is -0.476 e. The van der Waals surface area contributed by atoms with E-state index in [1.807, 2.05) is 0 Å². The largest absolute Gasteiger partial charge is 0.476 e. The van der Waals surface area contributed by atoms with Gasteiger partial charge in [-0.3, -0.25) is 0 Å². The molecule has 0 saturated heterocycles. The molecular formula is C11H12N2O2S. The predicted octanol–water partition coefficient (Wildman–Crippen LogP) is 2.42. The molecule has 5 heteroatoms. The van der Waals surface area contributed by atoms with Crippen molar-refractivity contribution < 1.29 is 9.90 Å². The Hall–Kier alpha value is -1.41. The van der Waals surface area contributed by atoms with Crippen LogP contribution in [0.3, 0.4) is 0 Å². The Kier molecular flexibility index (Phi) is 2.28. The lowest BCUT2D eigenvalue weighted by molar-refractivity contribution is 0.0689. The zero-order valence-electron chi connectivity index (χ0n) is 9.15. The van der Waals surface area contributed by atoms with Crippen molar-refractivity contribution >= 4 is 17.3 Å². The van der Waals surface area contributed by atoms with E-state index in [1.165, 1.54) is 16.7 Å². The lowest BCUT2D eigenvalue weighted by atomic mass is 9.55. The van der Waals surface area contributed by atoms with Crippen LogP contribution in [-0.2, 0) is 5.41 Å². The normalized spacial score (nSPS) is 20.8. The van der Waals surface area contributed by atoms with Gasteiger partial charge in [-0.05, 0) is 18.3 Å². The second-order valence-corrected chi connectivity index (χ2v) is 5.91. The van der Waals surface area contributed by atoms with Crippen LogP contribution < -0.4 is 0 Å². The van der Waals surface area contributed by atoms with Gasteiger partial charge in [-0.1, -0.05) is 13.8 Å². The van der Waals surface area contributed by atoms with Crippen LogP contribution in [0.1, 0.15) is 42.2 Å². The van der Waals surface area contributed by atoms with Crippen LogP contribution in [0.4, 0.5) is 0 Å². The second-order valence-electron chi connectivity index (χ2n) is 5.05. The fraction of sp³-hybridized carbons (Fsp3) is 0.545. The molecule has 16 heavy (non-hydrogen) atoms. The van der Waals surface area contributed by atoms with Crippen molar-refractivity contribution in [2.75, 3.05) is 0 Å². The molecule has 1 saturated carbocycles. The first-order chi connectivity index (χ1) is 7.38. The molecule has 1 aliphatic rings. The number of carboxylic acid groups (broad SMARTS) is 1. The standard InChI is InChI=1S/C11H12N2O2S/c1-10(2)4-11(5-10,6-12)9-13-7(3-16-9)8(14)15/h3H,4-5H2,1-2H3,(H,14,15). The fourth-order valence-corrected chi connectivity index (χ4v) is 3.40. The van der Waals surface area contributed by atoms with Crippen molar-refractivity contribution in [2.24, 2.45) is 5.41 Å². The second kappa shape index (κ2) is 3.29. The predicted molar refractivity (Wildman–Crippen MR) is 59.4 cm³/mol. The minimum atomic E-state index is -1.03. The Morgan fingerprint density at radius 2 is 2.25 bits per heavy atom. The summed E-state index contributed by atoms with van der Waals surface area (Å²) in [4.78, 5) is 14.8. The summed E-state index contributed by atoms with van der Waals surface area (Å²) in [5.74, 6) is -1.03. The number of aromatic carboxylic acids is 1. The number of thiazole rings is 1. The van der Waals surface area contributed by atoms with Gasteiger partial charge < -0.3 is 5.11 Å². The monoisotopic (exact) mass is 236 g/mol. The third-order valence-corrected chi connectivity index (χ3v) is 3.95. The Morgan fingerprint density at radius 1 is 1.62 bits per heavy atom. The quantitative estimate of drug-likeness (QED) is 0.855. The smallest absolute Gasteiger partial charge is 0.355 e. The van der Waals surface area contributed by atoms with Crippen LogP contribution in [-0.4, -0.2) is 16.1 Å². The molecule has 0 bridgehead atoms. The van der Waals surface area contributed by atoms with Gasteiger partial charge in [0, 0.05) is 5.38 Å². The highest BCUT2D eigenvalue weighted by Crippen LogP contribution is 2.55. The molecule has 2 rings (SSSR count). The molecule has 1 heterocycles. The summed E-state index contributed by atoms with van der Waals surface area (Å²) >= 11 is 1.27. The molecule has 1 aliphatic carbocycles. The SMILES string of the molecule is CC1(C)CC(C#N)(c2nc(C(=O)O)cs2)C1. The molecule has 0 atom stereocenters. The maximum atomic E-state index is 10.7. The number of hydrogen-bond donors (Lipinski definition) is 1. The van der Waals surface area contributed by atoms with Gasteiger partial charge in [0.15, 0.2) is 5.69 Å². The van der Waals surface area contributed by atoms with Crippen LogP contribution >= 0.6 is 11.3 Å². The molecule has 0 aliphatic heterocycles. The van der Waals surface area contributed by atoms with E-state index >= 15 is 0 Å². The van der Waals surface area contributed by atoms with E-state index < -0.39 is 11.4 Å². The lowest BCUT2D eigenvalue weighted by Crippen LogP contribution is -2.45. The van der Waals surface area contributed by atoms with E-state index in [-0.39, 0.29) is 11.1 Å². The van der Waals surface area contributed by atoms with Crippen LogP contribution in [0.15, 0.2) is 5.38 Å². The molecule has 4 nitrogen and oxygen atoms in total. The maximum absolute atomic E-state index is 10.7. The van der Waals surface area contributed by atoms with E-state index in [0.29, 0.717) is 5.01 Å². The Labute approximate surface area is 97.6 Å². The summed E-state index contributed by atoms with van der Waals surface area (Å²) in [6, 6.07) is 2.29. The number of nitriles is 1. The Bertz CT molecular complexity index is 476. The minimum absolute atomic E-state index is 0.0410. The maximum Gasteiger partial charge on any atom is 0.355 e. The van der Waals surface area contributed by atoms with Crippen molar-refractivity contribution in [3.63, 3.8) is 0 Å². The molecule has 1 aromatic heterocycles. The zero-order valence-corrected chi connectivity index (χ0v) is 9.97. The van der Waals surface area contributed by atoms with Crippen molar-refractivity contribution in [1.29, 1.82) is 5.26 Å². The van der Waals surface area contributed by atoms with Crippen LogP contribution in [0.2, 0.25) is 0 Å². The van der Waals surface area contributed by atoms with Crippen LogP contribution in [0.25, 0.3) is 0 Å². The first-order valence-corrected chi connectivity index (χ1v) is 5.87. The summed E-state index contributed by atoms with van der Waals surface area (Å²) < 4.78 is 0.